The number of nitrogens with two attached hydrogens (primary N) is 1. The highest BCUT2D eigenvalue weighted by molar-refractivity contribution is 6.30. The van der Waals surface area contributed by atoms with E-state index in [4.69, 9.17) is 17.3 Å². The van der Waals surface area contributed by atoms with Crippen LogP contribution in [0.25, 0.3) is 0 Å². The van der Waals surface area contributed by atoms with Crippen molar-refractivity contribution in [1.29, 1.82) is 0 Å². The first-order valence-electron chi connectivity index (χ1n) is 9.13. The molecule has 1 aliphatic carbocycles. The minimum absolute atomic E-state index is 0. The maximum absolute atomic E-state index is 12.4. The van der Waals surface area contributed by atoms with Crippen LogP contribution in [0.4, 0.5) is 0 Å². The van der Waals surface area contributed by atoms with Gasteiger partial charge in [0.1, 0.15) is 0 Å². The summed E-state index contributed by atoms with van der Waals surface area (Å²) in [6.07, 6.45) is 6.04. The van der Waals surface area contributed by atoms with Gasteiger partial charge in [0, 0.05) is 42.7 Å². The van der Waals surface area contributed by atoms with E-state index in [-0.39, 0.29) is 42.7 Å². The van der Waals surface area contributed by atoms with E-state index in [9.17, 15) is 4.79 Å². The summed E-state index contributed by atoms with van der Waals surface area (Å²) in [7, 11) is 0. The van der Waals surface area contributed by atoms with Gasteiger partial charge >= 0.3 is 0 Å². The fourth-order valence-corrected chi connectivity index (χ4v) is 3.99. The lowest BCUT2D eigenvalue weighted by Crippen LogP contribution is -2.47. The van der Waals surface area contributed by atoms with Crippen molar-refractivity contribution in [3.05, 3.63) is 34.9 Å². The third kappa shape index (κ3) is 6.90. The number of benzene rings is 1. The topological polar surface area (TPSA) is 58.4 Å². The maximum Gasteiger partial charge on any atom is 0.223 e. The molecule has 4 nitrogen and oxygen atoms in total. The number of rotatable bonds is 4. The van der Waals surface area contributed by atoms with Gasteiger partial charge in [0.2, 0.25) is 5.91 Å². The fraction of sp³-hybridized carbons (Fsp3) is 0.632. The van der Waals surface area contributed by atoms with Gasteiger partial charge in [-0.05, 0) is 49.8 Å². The summed E-state index contributed by atoms with van der Waals surface area (Å²) >= 11 is 5.93. The van der Waals surface area contributed by atoms with Crippen molar-refractivity contribution < 1.29 is 4.79 Å². The van der Waals surface area contributed by atoms with E-state index in [1.54, 1.807) is 0 Å². The molecule has 1 aromatic carbocycles. The molecule has 3 rings (SSSR count). The number of hydrogen-bond donors (Lipinski definition) is 2. The molecule has 0 radical (unpaired) electrons. The first-order chi connectivity index (χ1) is 11.6. The van der Waals surface area contributed by atoms with Gasteiger partial charge in [-0.2, -0.15) is 0 Å². The zero-order chi connectivity index (χ0) is 16.9. The molecule has 2 atom stereocenters. The highest BCUT2D eigenvalue weighted by Crippen LogP contribution is 2.24. The first kappa shape index (κ1) is 23.5. The Hall–Kier alpha value is -0.520. The summed E-state index contributed by atoms with van der Waals surface area (Å²) in [6.45, 7) is 3.00. The number of amides is 1. The normalized spacial score (nSPS) is 24.2. The van der Waals surface area contributed by atoms with Crippen LogP contribution in [0.3, 0.4) is 0 Å². The minimum Gasteiger partial charge on any atom is -0.353 e. The zero-order valence-electron chi connectivity index (χ0n) is 15.0. The Balaban J connectivity index is 0.00000169. The number of carbonyl (C=O) groups excluding carboxylic acids is 1. The van der Waals surface area contributed by atoms with E-state index in [0.717, 1.165) is 63.2 Å². The van der Waals surface area contributed by atoms with Gasteiger partial charge in [0.25, 0.3) is 0 Å². The summed E-state index contributed by atoms with van der Waals surface area (Å²) in [5, 5.41) is 4.04. The van der Waals surface area contributed by atoms with Crippen LogP contribution in [0.15, 0.2) is 24.3 Å². The van der Waals surface area contributed by atoms with Crippen LogP contribution in [0.5, 0.6) is 0 Å². The molecule has 1 saturated heterocycles. The standard InChI is InChI=1S/C19H28ClN3O.2ClH/c20-16-6-4-14(5-7-16)13-23-10-8-18(9-11-23)22-19(24)15-2-1-3-17(21)12-15;;/h4-7,15,17-18H,1-3,8-13,21H2,(H,22,24);2*1H. The second-order valence-electron chi connectivity index (χ2n) is 7.31. The van der Waals surface area contributed by atoms with Crippen LogP contribution < -0.4 is 11.1 Å². The lowest BCUT2D eigenvalue weighted by molar-refractivity contribution is -0.127. The van der Waals surface area contributed by atoms with Gasteiger partial charge in [0.15, 0.2) is 0 Å². The lowest BCUT2D eigenvalue weighted by atomic mass is 9.85. The smallest absolute Gasteiger partial charge is 0.223 e. The predicted octanol–water partition coefficient (Wildman–Crippen LogP) is 3.78. The maximum atomic E-state index is 12.4. The van der Waals surface area contributed by atoms with Gasteiger partial charge < -0.3 is 11.1 Å². The molecule has 1 aromatic rings. The molecule has 1 saturated carbocycles. The van der Waals surface area contributed by atoms with Crippen molar-refractivity contribution >= 4 is 42.3 Å². The lowest BCUT2D eigenvalue weighted by Gasteiger charge is -2.34. The molecule has 148 valence electrons. The molecular weight excluding hydrogens is 393 g/mol. The summed E-state index contributed by atoms with van der Waals surface area (Å²) in [5.74, 6) is 0.349. The number of piperidine rings is 1. The van der Waals surface area contributed by atoms with Gasteiger partial charge in [-0.15, -0.1) is 24.8 Å². The van der Waals surface area contributed by atoms with E-state index in [1.165, 1.54) is 5.56 Å². The molecule has 2 fully saturated rings. The molecular formula is C19H30Cl3N3O. The summed E-state index contributed by atoms with van der Waals surface area (Å²) in [6, 6.07) is 8.58. The molecule has 7 heteroatoms. The average Bonchev–Trinajstić information content (AvgIpc) is 2.59. The molecule has 1 heterocycles. The van der Waals surface area contributed by atoms with E-state index >= 15 is 0 Å². The Morgan fingerprint density at radius 1 is 1.12 bits per heavy atom. The Bertz CT molecular complexity index is 547. The monoisotopic (exact) mass is 421 g/mol. The average molecular weight is 423 g/mol. The van der Waals surface area contributed by atoms with E-state index < -0.39 is 0 Å². The first-order valence-corrected chi connectivity index (χ1v) is 9.50. The minimum atomic E-state index is 0. The van der Waals surface area contributed by atoms with Crippen LogP contribution >= 0.6 is 36.4 Å². The van der Waals surface area contributed by atoms with Crippen molar-refractivity contribution in [2.24, 2.45) is 11.7 Å². The number of nitrogens with zero attached hydrogens (tertiary/aromatic N) is 1. The van der Waals surface area contributed by atoms with Crippen molar-refractivity contribution in [3.63, 3.8) is 0 Å². The third-order valence-corrected chi connectivity index (χ3v) is 5.59. The molecule has 0 spiro atoms. The van der Waals surface area contributed by atoms with E-state index in [0.29, 0.717) is 6.04 Å². The van der Waals surface area contributed by atoms with Crippen LogP contribution in [-0.2, 0) is 11.3 Å². The predicted molar refractivity (Wildman–Crippen MR) is 112 cm³/mol. The Kier molecular flexibility index (Phi) is 10.3. The number of nitrogens with one attached hydrogen (secondary N) is 1. The molecule has 3 N–H and O–H groups in total. The van der Waals surface area contributed by atoms with Crippen LogP contribution in [-0.4, -0.2) is 36.0 Å². The molecule has 0 aromatic heterocycles. The molecule has 26 heavy (non-hydrogen) atoms. The Labute approximate surface area is 174 Å². The Morgan fingerprint density at radius 2 is 1.77 bits per heavy atom. The number of hydrogen-bond acceptors (Lipinski definition) is 3. The third-order valence-electron chi connectivity index (χ3n) is 5.34. The molecule has 2 unspecified atom stereocenters. The summed E-state index contributed by atoms with van der Waals surface area (Å²) in [4.78, 5) is 14.9. The number of halogens is 3. The summed E-state index contributed by atoms with van der Waals surface area (Å²) in [5.41, 5.74) is 7.29. The largest absolute Gasteiger partial charge is 0.353 e. The van der Waals surface area contributed by atoms with Crippen LogP contribution in [0.2, 0.25) is 5.02 Å². The van der Waals surface area contributed by atoms with E-state index in [1.807, 2.05) is 12.1 Å². The Morgan fingerprint density at radius 3 is 2.38 bits per heavy atom. The molecule has 1 amide bonds. The van der Waals surface area contributed by atoms with Crippen molar-refractivity contribution in [1.82, 2.24) is 10.2 Å². The number of likely N-dealkylation sites (tertiary alicyclic amines) is 1. The SMILES string of the molecule is Cl.Cl.NC1CCCC(C(=O)NC2CCN(Cc3ccc(Cl)cc3)CC2)C1. The molecule has 1 aliphatic heterocycles. The second-order valence-corrected chi connectivity index (χ2v) is 7.75. The highest BCUT2D eigenvalue weighted by Gasteiger charge is 2.28. The van der Waals surface area contributed by atoms with Crippen molar-refractivity contribution in [2.45, 2.75) is 57.2 Å². The van der Waals surface area contributed by atoms with Crippen LogP contribution in [0.1, 0.15) is 44.1 Å². The zero-order valence-corrected chi connectivity index (χ0v) is 17.4. The molecule has 2 aliphatic rings. The van der Waals surface area contributed by atoms with Crippen molar-refractivity contribution in [3.8, 4) is 0 Å². The van der Waals surface area contributed by atoms with E-state index in [2.05, 4.69) is 22.3 Å². The second kappa shape index (κ2) is 11.4. The van der Waals surface area contributed by atoms with Gasteiger partial charge in [0.05, 0.1) is 0 Å². The highest BCUT2D eigenvalue weighted by atomic mass is 35.5. The van der Waals surface area contributed by atoms with Crippen LogP contribution in [0, 0.1) is 5.92 Å². The van der Waals surface area contributed by atoms with Gasteiger partial charge in [-0.3, -0.25) is 9.69 Å². The number of carbonyl (C=O) groups is 1. The quantitative estimate of drug-likeness (QED) is 0.776. The van der Waals surface area contributed by atoms with Gasteiger partial charge in [-0.1, -0.05) is 30.2 Å². The van der Waals surface area contributed by atoms with Crippen molar-refractivity contribution in [2.75, 3.05) is 13.1 Å². The summed E-state index contributed by atoms with van der Waals surface area (Å²) < 4.78 is 0. The molecule has 0 bridgehead atoms. The van der Waals surface area contributed by atoms with Gasteiger partial charge in [-0.25, -0.2) is 0 Å². The fourth-order valence-electron chi connectivity index (χ4n) is 3.87.